The smallest absolute Gasteiger partial charge is 0.0808 e. The number of benzene rings is 1. The Bertz CT molecular complexity index is 693. The number of rotatable bonds is 4. The molecule has 3 heteroatoms. The van der Waals surface area contributed by atoms with E-state index in [9.17, 15) is 0 Å². The minimum atomic E-state index is 1.000. The predicted molar refractivity (Wildman–Crippen MR) is 90.5 cm³/mol. The molecule has 0 saturated heterocycles. The molecule has 98 valence electrons. The van der Waals surface area contributed by atoms with Crippen LogP contribution >= 0.6 is 22.7 Å². The van der Waals surface area contributed by atoms with E-state index < -0.39 is 0 Å². The lowest BCUT2D eigenvalue weighted by molar-refractivity contribution is 1.59. The van der Waals surface area contributed by atoms with Gasteiger partial charge >= 0.3 is 0 Å². The third-order valence-corrected chi connectivity index (χ3v) is 4.45. The van der Waals surface area contributed by atoms with E-state index in [1.807, 2.05) is 30.5 Å². The number of hydrogen-bond donors (Lipinski definition) is 0. The zero-order valence-corrected chi connectivity index (χ0v) is 12.4. The fourth-order valence-electron chi connectivity index (χ4n) is 1.80. The second kappa shape index (κ2) is 6.46. The molecular formula is C17H13NS2. The molecule has 0 bridgehead atoms. The lowest BCUT2D eigenvalue weighted by atomic mass is 10.2. The van der Waals surface area contributed by atoms with E-state index in [-0.39, 0.29) is 0 Å². The Hall–Kier alpha value is -1.97. The van der Waals surface area contributed by atoms with Crippen molar-refractivity contribution >= 4 is 40.7 Å². The van der Waals surface area contributed by atoms with Crippen molar-refractivity contribution in [2.24, 2.45) is 4.99 Å². The third kappa shape index (κ3) is 3.32. The summed E-state index contributed by atoms with van der Waals surface area (Å²) in [7, 11) is 0. The van der Waals surface area contributed by atoms with Crippen LogP contribution in [-0.2, 0) is 0 Å². The van der Waals surface area contributed by atoms with Gasteiger partial charge < -0.3 is 0 Å². The van der Waals surface area contributed by atoms with Crippen LogP contribution in [0.5, 0.6) is 0 Å². The Morgan fingerprint density at radius 1 is 0.850 bits per heavy atom. The fraction of sp³-hybridized carbons (Fsp3) is 0. The minimum absolute atomic E-state index is 1.000. The maximum atomic E-state index is 4.66. The lowest BCUT2D eigenvalue weighted by Gasteiger charge is -1.99. The van der Waals surface area contributed by atoms with Gasteiger partial charge in [0.05, 0.1) is 10.6 Å². The van der Waals surface area contributed by atoms with E-state index in [1.54, 1.807) is 22.7 Å². The van der Waals surface area contributed by atoms with Crippen molar-refractivity contribution < 1.29 is 0 Å². The summed E-state index contributed by atoms with van der Waals surface area (Å²) in [6.07, 6.45) is 4.05. The molecule has 0 N–H and O–H groups in total. The van der Waals surface area contributed by atoms with Gasteiger partial charge in [0.1, 0.15) is 0 Å². The standard InChI is InChI=1S/C17H13NS2/c1-2-6-14(7-3-1)12-16(17-9-5-11-20-17)18-13-15-8-4-10-19-15/h1-13H/b16-12-,18-13?. The van der Waals surface area contributed by atoms with Gasteiger partial charge in [-0.25, -0.2) is 0 Å². The highest BCUT2D eigenvalue weighted by atomic mass is 32.1. The van der Waals surface area contributed by atoms with Crippen LogP contribution in [0.15, 0.2) is 70.3 Å². The summed E-state index contributed by atoms with van der Waals surface area (Å²) in [5, 5.41) is 4.14. The zero-order valence-electron chi connectivity index (χ0n) is 10.8. The number of thiophene rings is 2. The zero-order chi connectivity index (χ0) is 13.6. The van der Waals surface area contributed by atoms with E-state index >= 15 is 0 Å². The quantitative estimate of drug-likeness (QED) is 0.569. The van der Waals surface area contributed by atoms with Gasteiger partial charge in [-0.15, -0.1) is 22.7 Å². The summed E-state index contributed by atoms with van der Waals surface area (Å²) < 4.78 is 0. The number of hydrogen-bond acceptors (Lipinski definition) is 3. The van der Waals surface area contributed by atoms with Crippen molar-refractivity contribution in [3.63, 3.8) is 0 Å². The van der Waals surface area contributed by atoms with E-state index in [1.165, 1.54) is 15.3 Å². The molecule has 0 radical (unpaired) electrons. The second-order valence-electron chi connectivity index (χ2n) is 4.19. The molecule has 0 spiro atoms. The Morgan fingerprint density at radius 3 is 2.35 bits per heavy atom. The highest BCUT2D eigenvalue weighted by Crippen LogP contribution is 2.24. The first kappa shape index (κ1) is 13.0. The molecule has 0 unspecified atom stereocenters. The summed E-state index contributed by atoms with van der Waals surface area (Å²) in [4.78, 5) is 7.01. The van der Waals surface area contributed by atoms with E-state index in [0.29, 0.717) is 0 Å². The Kier molecular flexibility index (Phi) is 4.21. The van der Waals surface area contributed by atoms with Crippen molar-refractivity contribution in [1.82, 2.24) is 0 Å². The van der Waals surface area contributed by atoms with Gasteiger partial charge in [0.15, 0.2) is 0 Å². The van der Waals surface area contributed by atoms with Gasteiger partial charge in [0, 0.05) is 11.1 Å². The van der Waals surface area contributed by atoms with Crippen molar-refractivity contribution in [1.29, 1.82) is 0 Å². The predicted octanol–water partition coefficient (Wildman–Crippen LogP) is 5.43. The summed E-state index contributed by atoms with van der Waals surface area (Å²) in [6, 6.07) is 18.6. The molecule has 0 aliphatic carbocycles. The van der Waals surface area contributed by atoms with Gasteiger partial charge in [-0.05, 0) is 34.5 Å². The molecule has 1 nitrogen and oxygen atoms in total. The maximum Gasteiger partial charge on any atom is 0.0808 e. The van der Waals surface area contributed by atoms with Crippen LogP contribution < -0.4 is 0 Å². The van der Waals surface area contributed by atoms with Gasteiger partial charge in [-0.1, -0.05) is 42.5 Å². The first-order valence-electron chi connectivity index (χ1n) is 6.30. The van der Waals surface area contributed by atoms with Crippen LogP contribution in [0.3, 0.4) is 0 Å². The fourth-order valence-corrected chi connectivity index (χ4v) is 3.08. The van der Waals surface area contributed by atoms with Gasteiger partial charge in [0.2, 0.25) is 0 Å². The molecule has 3 rings (SSSR count). The Labute approximate surface area is 126 Å². The third-order valence-electron chi connectivity index (χ3n) is 2.75. The van der Waals surface area contributed by atoms with Crippen LogP contribution in [-0.4, -0.2) is 6.21 Å². The molecule has 0 amide bonds. The van der Waals surface area contributed by atoms with Crippen LogP contribution in [0.1, 0.15) is 15.3 Å². The monoisotopic (exact) mass is 295 g/mol. The molecule has 2 heterocycles. The molecular weight excluding hydrogens is 282 g/mol. The molecule has 3 aromatic rings. The number of aliphatic imine (C=N–C) groups is 1. The van der Waals surface area contributed by atoms with Crippen molar-refractivity contribution in [3.05, 3.63) is 80.7 Å². The lowest BCUT2D eigenvalue weighted by Crippen LogP contribution is -1.80. The average molecular weight is 295 g/mol. The van der Waals surface area contributed by atoms with Crippen LogP contribution in [0.4, 0.5) is 0 Å². The van der Waals surface area contributed by atoms with Crippen molar-refractivity contribution in [3.8, 4) is 0 Å². The first-order valence-corrected chi connectivity index (χ1v) is 8.06. The highest BCUT2D eigenvalue weighted by molar-refractivity contribution is 7.12. The van der Waals surface area contributed by atoms with Crippen molar-refractivity contribution in [2.45, 2.75) is 0 Å². The molecule has 0 saturated carbocycles. The minimum Gasteiger partial charge on any atom is -0.254 e. The molecule has 1 aromatic carbocycles. The maximum absolute atomic E-state index is 4.66. The van der Waals surface area contributed by atoms with Gasteiger partial charge in [-0.3, -0.25) is 4.99 Å². The summed E-state index contributed by atoms with van der Waals surface area (Å²) in [6.45, 7) is 0. The normalized spacial score (nSPS) is 12.1. The highest BCUT2D eigenvalue weighted by Gasteiger charge is 2.01. The molecule has 20 heavy (non-hydrogen) atoms. The second-order valence-corrected chi connectivity index (χ2v) is 6.12. The van der Waals surface area contributed by atoms with Crippen molar-refractivity contribution in [2.75, 3.05) is 0 Å². The van der Waals surface area contributed by atoms with E-state index in [2.05, 4.69) is 52.2 Å². The van der Waals surface area contributed by atoms with Gasteiger partial charge in [0.25, 0.3) is 0 Å². The summed E-state index contributed by atoms with van der Waals surface area (Å²) in [5.41, 5.74) is 2.17. The van der Waals surface area contributed by atoms with Gasteiger partial charge in [-0.2, -0.15) is 0 Å². The molecule has 0 aliphatic rings. The molecule has 0 aliphatic heterocycles. The van der Waals surface area contributed by atoms with Crippen LogP contribution in [0.25, 0.3) is 11.8 Å². The largest absolute Gasteiger partial charge is 0.254 e. The molecule has 0 atom stereocenters. The first-order chi connectivity index (χ1) is 9.92. The topological polar surface area (TPSA) is 12.4 Å². The van der Waals surface area contributed by atoms with Crippen LogP contribution in [0, 0.1) is 0 Å². The number of nitrogens with zero attached hydrogens (tertiary/aromatic N) is 1. The SMILES string of the molecule is C(=N/C(=C\c1ccccc1)c1cccs1)c1cccs1. The average Bonchev–Trinajstić information content (AvgIpc) is 3.18. The Morgan fingerprint density at radius 2 is 1.65 bits per heavy atom. The summed E-state index contributed by atoms with van der Waals surface area (Å²) in [5.74, 6) is 0. The van der Waals surface area contributed by atoms with E-state index in [0.717, 1.165) is 5.70 Å². The van der Waals surface area contributed by atoms with E-state index in [4.69, 9.17) is 0 Å². The molecule has 2 aromatic heterocycles. The van der Waals surface area contributed by atoms with Crippen LogP contribution in [0.2, 0.25) is 0 Å². The Balaban J connectivity index is 1.95. The molecule has 0 fully saturated rings. The summed E-state index contributed by atoms with van der Waals surface area (Å²) >= 11 is 3.40.